The Morgan fingerprint density at radius 3 is 2.48 bits per heavy atom. The lowest BCUT2D eigenvalue weighted by atomic mass is 9.89. The Balaban J connectivity index is 2.19. The number of piperidine rings is 1. The van der Waals surface area contributed by atoms with Gasteiger partial charge >= 0.3 is 0 Å². The lowest BCUT2D eigenvalue weighted by Crippen LogP contribution is -2.33. The van der Waals surface area contributed by atoms with Gasteiger partial charge in [-0.15, -0.1) is 0 Å². The van der Waals surface area contributed by atoms with Gasteiger partial charge in [0.15, 0.2) is 9.84 Å². The van der Waals surface area contributed by atoms with Crippen LogP contribution in [-0.4, -0.2) is 46.3 Å². The highest BCUT2D eigenvalue weighted by Gasteiger charge is 2.22. The molecule has 1 heterocycles. The van der Waals surface area contributed by atoms with Gasteiger partial charge in [-0.2, -0.15) is 0 Å². The quantitative estimate of drug-likeness (QED) is 0.839. The van der Waals surface area contributed by atoms with E-state index in [1.165, 1.54) is 19.8 Å². The molecule has 0 saturated carbocycles. The third kappa shape index (κ3) is 3.98. The van der Waals surface area contributed by atoms with Crippen molar-refractivity contribution in [1.82, 2.24) is 4.90 Å². The molecule has 1 aromatic rings. The number of likely N-dealkylation sites (tertiary alicyclic amines) is 1. The zero-order valence-corrected chi connectivity index (χ0v) is 13.9. The van der Waals surface area contributed by atoms with Crippen molar-refractivity contribution in [3.8, 4) is 5.75 Å². The van der Waals surface area contributed by atoms with Gasteiger partial charge in [-0.25, -0.2) is 8.42 Å². The largest absolute Gasteiger partial charge is 0.495 e. The van der Waals surface area contributed by atoms with Crippen LogP contribution in [0.3, 0.4) is 0 Å². The van der Waals surface area contributed by atoms with E-state index in [4.69, 9.17) is 4.74 Å². The first-order valence-electron chi connectivity index (χ1n) is 7.56. The van der Waals surface area contributed by atoms with Gasteiger partial charge < -0.3 is 9.64 Å². The Morgan fingerprint density at radius 2 is 1.95 bits per heavy atom. The molecular formula is C16H25NO3S. The van der Waals surface area contributed by atoms with E-state index in [0.717, 1.165) is 38.0 Å². The second-order valence-electron chi connectivity index (χ2n) is 5.80. The van der Waals surface area contributed by atoms with Crippen LogP contribution in [0, 0.1) is 0 Å². The highest BCUT2D eigenvalue weighted by atomic mass is 32.2. The van der Waals surface area contributed by atoms with Crippen LogP contribution in [-0.2, 0) is 9.84 Å². The molecule has 0 amide bonds. The zero-order chi connectivity index (χ0) is 15.5. The minimum Gasteiger partial charge on any atom is -0.495 e. The van der Waals surface area contributed by atoms with Gasteiger partial charge in [0.2, 0.25) is 0 Å². The summed E-state index contributed by atoms with van der Waals surface area (Å²) >= 11 is 0. The van der Waals surface area contributed by atoms with Crippen molar-refractivity contribution in [3.05, 3.63) is 23.8 Å². The molecule has 0 aromatic heterocycles. The van der Waals surface area contributed by atoms with E-state index in [-0.39, 0.29) is 0 Å². The molecule has 0 unspecified atom stereocenters. The second-order valence-corrected chi connectivity index (χ2v) is 7.78. The molecule has 0 aliphatic carbocycles. The molecule has 1 saturated heterocycles. The summed E-state index contributed by atoms with van der Waals surface area (Å²) in [5, 5.41) is 0. The van der Waals surface area contributed by atoms with E-state index >= 15 is 0 Å². The second kappa shape index (κ2) is 6.79. The van der Waals surface area contributed by atoms with E-state index in [1.54, 1.807) is 12.1 Å². The first-order valence-corrected chi connectivity index (χ1v) is 9.45. The van der Waals surface area contributed by atoms with E-state index in [1.807, 2.05) is 6.07 Å². The fourth-order valence-corrected chi connectivity index (χ4v) is 3.91. The molecule has 2 rings (SSSR count). The highest BCUT2D eigenvalue weighted by Crippen LogP contribution is 2.33. The van der Waals surface area contributed by atoms with Crippen molar-refractivity contribution in [2.24, 2.45) is 0 Å². The molecule has 0 spiro atoms. The minimum absolute atomic E-state index is 0.304. The number of hydrogen-bond acceptors (Lipinski definition) is 4. The molecule has 4 nitrogen and oxygen atoms in total. The summed E-state index contributed by atoms with van der Waals surface area (Å²) in [6.45, 7) is 5.55. The van der Waals surface area contributed by atoms with Crippen LogP contribution in [0.15, 0.2) is 23.1 Å². The van der Waals surface area contributed by atoms with Crippen LogP contribution in [0.25, 0.3) is 0 Å². The minimum atomic E-state index is -3.26. The number of methoxy groups -OCH3 is 1. The molecule has 0 atom stereocenters. The monoisotopic (exact) mass is 311 g/mol. The summed E-state index contributed by atoms with van der Waals surface area (Å²) in [7, 11) is -1.75. The Hall–Kier alpha value is -1.07. The fourth-order valence-electron chi connectivity index (χ4n) is 3.04. The maximum absolute atomic E-state index is 11.9. The van der Waals surface area contributed by atoms with Crippen LogP contribution in [0.1, 0.15) is 37.7 Å². The van der Waals surface area contributed by atoms with Gasteiger partial charge in [-0.3, -0.25) is 0 Å². The lowest BCUT2D eigenvalue weighted by Gasteiger charge is -2.32. The van der Waals surface area contributed by atoms with E-state index in [0.29, 0.717) is 16.6 Å². The number of benzene rings is 1. The van der Waals surface area contributed by atoms with E-state index in [2.05, 4.69) is 11.8 Å². The van der Waals surface area contributed by atoms with Crippen LogP contribution < -0.4 is 4.74 Å². The van der Waals surface area contributed by atoms with Gasteiger partial charge in [-0.05, 0) is 62.5 Å². The molecular weight excluding hydrogens is 286 g/mol. The van der Waals surface area contributed by atoms with Crippen molar-refractivity contribution in [2.45, 2.75) is 37.0 Å². The number of hydrogen-bond donors (Lipinski definition) is 0. The highest BCUT2D eigenvalue weighted by molar-refractivity contribution is 7.90. The van der Waals surface area contributed by atoms with Gasteiger partial charge in [0, 0.05) is 6.26 Å². The maximum atomic E-state index is 11.9. The molecule has 1 fully saturated rings. The van der Waals surface area contributed by atoms with Crippen LogP contribution in [0.2, 0.25) is 0 Å². The Bertz CT molecular complexity index is 575. The van der Waals surface area contributed by atoms with Crippen LogP contribution in [0.4, 0.5) is 0 Å². The van der Waals surface area contributed by atoms with Crippen molar-refractivity contribution in [2.75, 3.05) is 33.0 Å². The first-order chi connectivity index (χ1) is 9.95. The SMILES string of the molecule is CCCN1CCC(c2ccc(OC)c(S(C)(=O)=O)c2)CC1. The molecule has 0 N–H and O–H groups in total. The third-order valence-electron chi connectivity index (χ3n) is 4.19. The topological polar surface area (TPSA) is 46.6 Å². The molecule has 1 aliphatic heterocycles. The van der Waals surface area contributed by atoms with Crippen LogP contribution >= 0.6 is 0 Å². The predicted molar refractivity (Wildman–Crippen MR) is 84.8 cm³/mol. The van der Waals surface area contributed by atoms with Gasteiger partial charge in [0.25, 0.3) is 0 Å². The normalized spacial score (nSPS) is 17.9. The summed E-state index contributed by atoms with van der Waals surface area (Å²) in [5.41, 5.74) is 1.12. The first kappa shape index (κ1) is 16.3. The average Bonchev–Trinajstić information content (AvgIpc) is 2.47. The standard InChI is InChI=1S/C16H25NO3S/c1-4-9-17-10-7-13(8-11-17)14-5-6-15(20-2)16(12-14)21(3,18)19/h5-6,12-13H,4,7-11H2,1-3H3. The fraction of sp³-hybridized carbons (Fsp3) is 0.625. The molecule has 1 aliphatic rings. The summed E-state index contributed by atoms with van der Waals surface area (Å²) < 4.78 is 29.0. The average molecular weight is 311 g/mol. The third-order valence-corrected chi connectivity index (χ3v) is 5.30. The molecule has 0 radical (unpaired) electrons. The molecule has 1 aromatic carbocycles. The summed E-state index contributed by atoms with van der Waals surface area (Å²) in [6.07, 6.45) is 4.61. The molecule has 5 heteroatoms. The Labute approximate surface area is 128 Å². The van der Waals surface area contributed by atoms with Crippen molar-refractivity contribution in [3.63, 3.8) is 0 Å². The lowest BCUT2D eigenvalue weighted by molar-refractivity contribution is 0.212. The van der Waals surface area contributed by atoms with Gasteiger partial charge in [-0.1, -0.05) is 13.0 Å². The number of rotatable bonds is 5. The maximum Gasteiger partial charge on any atom is 0.179 e. The van der Waals surface area contributed by atoms with E-state index < -0.39 is 9.84 Å². The predicted octanol–water partition coefficient (Wildman–Crippen LogP) is 2.69. The molecule has 0 bridgehead atoms. The number of nitrogens with zero attached hydrogens (tertiary/aromatic N) is 1. The Morgan fingerprint density at radius 1 is 1.29 bits per heavy atom. The summed E-state index contributed by atoms with van der Waals surface area (Å²) in [4.78, 5) is 2.79. The van der Waals surface area contributed by atoms with Crippen molar-refractivity contribution < 1.29 is 13.2 Å². The van der Waals surface area contributed by atoms with Crippen LogP contribution in [0.5, 0.6) is 5.75 Å². The Kier molecular flexibility index (Phi) is 5.27. The number of sulfone groups is 1. The zero-order valence-electron chi connectivity index (χ0n) is 13.1. The van der Waals surface area contributed by atoms with E-state index in [9.17, 15) is 8.42 Å². The smallest absolute Gasteiger partial charge is 0.179 e. The van der Waals surface area contributed by atoms with Crippen molar-refractivity contribution in [1.29, 1.82) is 0 Å². The number of ether oxygens (including phenoxy) is 1. The molecule has 21 heavy (non-hydrogen) atoms. The summed E-state index contributed by atoms with van der Waals surface area (Å²) in [6, 6.07) is 5.59. The molecule has 118 valence electrons. The van der Waals surface area contributed by atoms with Crippen molar-refractivity contribution >= 4 is 9.84 Å². The van der Waals surface area contributed by atoms with Gasteiger partial charge in [0.1, 0.15) is 10.6 Å². The van der Waals surface area contributed by atoms with Gasteiger partial charge in [0.05, 0.1) is 7.11 Å². The summed E-state index contributed by atoms with van der Waals surface area (Å²) in [5.74, 6) is 0.884.